The topological polar surface area (TPSA) is 62.6 Å². The van der Waals surface area contributed by atoms with Crippen molar-refractivity contribution in [1.82, 2.24) is 4.90 Å². The van der Waals surface area contributed by atoms with Crippen LogP contribution in [0.15, 0.2) is 71.0 Å². The van der Waals surface area contributed by atoms with Gasteiger partial charge in [-0.05, 0) is 54.4 Å². The van der Waals surface area contributed by atoms with E-state index in [4.69, 9.17) is 16.0 Å². The molecule has 1 aliphatic heterocycles. The van der Waals surface area contributed by atoms with Crippen molar-refractivity contribution in [2.45, 2.75) is 13.5 Å². The van der Waals surface area contributed by atoms with Crippen LogP contribution in [-0.2, 0) is 16.1 Å². The van der Waals surface area contributed by atoms with Gasteiger partial charge in [-0.3, -0.25) is 14.5 Å². The largest absolute Gasteiger partial charge is 0.467 e. The summed E-state index contributed by atoms with van der Waals surface area (Å²) in [5, 5.41) is 3.55. The zero-order chi connectivity index (χ0) is 20.5. The van der Waals surface area contributed by atoms with Crippen LogP contribution in [0.3, 0.4) is 0 Å². The van der Waals surface area contributed by atoms with Crippen molar-refractivity contribution in [2.24, 2.45) is 0 Å². The highest BCUT2D eigenvalue weighted by atomic mass is 35.5. The number of rotatable bonds is 5. The Morgan fingerprint density at radius 3 is 2.52 bits per heavy atom. The van der Waals surface area contributed by atoms with Gasteiger partial charge in [-0.2, -0.15) is 0 Å². The van der Waals surface area contributed by atoms with Gasteiger partial charge in [0.2, 0.25) is 0 Å². The first kappa shape index (κ1) is 19.0. The van der Waals surface area contributed by atoms with E-state index in [-0.39, 0.29) is 17.8 Å². The van der Waals surface area contributed by atoms with Gasteiger partial charge >= 0.3 is 0 Å². The minimum absolute atomic E-state index is 0.00489. The predicted octanol–water partition coefficient (Wildman–Crippen LogP) is 4.77. The van der Waals surface area contributed by atoms with Crippen molar-refractivity contribution in [2.75, 3.05) is 5.32 Å². The number of imide groups is 1. The van der Waals surface area contributed by atoms with Gasteiger partial charge < -0.3 is 9.73 Å². The van der Waals surface area contributed by atoms with Gasteiger partial charge in [0.05, 0.1) is 18.4 Å². The molecule has 4 rings (SSSR count). The van der Waals surface area contributed by atoms with Gasteiger partial charge in [0.15, 0.2) is 0 Å². The van der Waals surface area contributed by atoms with Crippen LogP contribution in [0.1, 0.15) is 16.9 Å². The van der Waals surface area contributed by atoms with Crippen molar-refractivity contribution in [3.8, 4) is 0 Å². The second-order valence-corrected chi connectivity index (χ2v) is 7.05. The predicted molar refractivity (Wildman–Crippen MR) is 107 cm³/mol. The first-order valence-electron chi connectivity index (χ1n) is 8.86. The number of aryl methyl sites for hydroxylation is 1. The van der Waals surface area contributed by atoms with Crippen molar-refractivity contribution in [3.63, 3.8) is 0 Å². The molecule has 29 heavy (non-hydrogen) atoms. The molecule has 0 saturated carbocycles. The van der Waals surface area contributed by atoms with Crippen LogP contribution in [0.2, 0.25) is 5.02 Å². The molecule has 7 heteroatoms. The van der Waals surface area contributed by atoms with Crippen LogP contribution >= 0.6 is 11.6 Å². The number of hydrogen-bond donors (Lipinski definition) is 1. The molecular formula is C22H16ClFN2O3. The summed E-state index contributed by atoms with van der Waals surface area (Å²) in [5.41, 5.74) is 2.17. The molecule has 0 aliphatic carbocycles. The summed E-state index contributed by atoms with van der Waals surface area (Å²) in [5.74, 6) is -0.936. The van der Waals surface area contributed by atoms with Crippen molar-refractivity contribution in [1.29, 1.82) is 0 Å². The van der Waals surface area contributed by atoms with Crippen LogP contribution in [0, 0.1) is 12.7 Å². The van der Waals surface area contributed by atoms with Crippen LogP contribution in [0.25, 0.3) is 5.57 Å². The zero-order valence-electron chi connectivity index (χ0n) is 15.4. The summed E-state index contributed by atoms with van der Waals surface area (Å²) >= 11 is 6.09. The zero-order valence-corrected chi connectivity index (χ0v) is 16.2. The lowest BCUT2D eigenvalue weighted by atomic mass is 10.0. The molecule has 3 aromatic rings. The van der Waals surface area contributed by atoms with Crippen molar-refractivity contribution in [3.05, 3.63) is 94.3 Å². The summed E-state index contributed by atoms with van der Waals surface area (Å²) in [6.45, 7) is 1.85. The number of hydrogen-bond acceptors (Lipinski definition) is 4. The highest BCUT2D eigenvalue weighted by Crippen LogP contribution is 2.33. The molecule has 5 nitrogen and oxygen atoms in total. The van der Waals surface area contributed by atoms with E-state index >= 15 is 0 Å². The fourth-order valence-electron chi connectivity index (χ4n) is 3.14. The molecule has 2 amide bonds. The van der Waals surface area contributed by atoms with E-state index in [1.165, 1.54) is 30.5 Å². The molecule has 0 saturated heterocycles. The van der Waals surface area contributed by atoms with E-state index in [0.29, 0.717) is 22.0 Å². The molecule has 2 aromatic carbocycles. The van der Waals surface area contributed by atoms with Crippen LogP contribution < -0.4 is 5.32 Å². The first-order valence-corrected chi connectivity index (χ1v) is 9.24. The van der Waals surface area contributed by atoms with Gasteiger partial charge in [-0.15, -0.1) is 0 Å². The summed E-state index contributed by atoms with van der Waals surface area (Å²) in [7, 11) is 0. The molecule has 0 unspecified atom stereocenters. The third-order valence-electron chi connectivity index (χ3n) is 4.65. The van der Waals surface area contributed by atoms with E-state index in [9.17, 15) is 14.0 Å². The summed E-state index contributed by atoms with van der Waals surface area (Å²) < 4.78 is 18.7. The minimum atomic E-state index is -0.495. The van der Waals surface area contributed by atoms with E-state index in [1.54, 1.807) is 24.3 Å². The molecule has 1 aromatic heterocycles. The fourth-order valence-corrected chi connectivity index (χ4v) is 3.31. The van der Waals surface area contributed by atoms with Crippen molar-refractivity contribution < 1.29 is 18.4 Å². The number of carbonyl (C=O) groups is 2. The highest BCUT2D eigenvalue weighted by Gasteiger charge is 2.39. The Morgan fingerprint density at radius 2 is 1.83 bits per heavy atom. The summed E-state index contributed by atoms with van der Waals surface area (Å²) in [6.07, 6.45) is 1.48. The van der Waals surface area contributed by atoms with Crippen LogP contribution in [0.5, 0.6) is 0 Å². The number of amides is 2. The third kappa shape index (κ3) is 3.67. The smallest absolute Gasteiger partial charge is 0.278 e. The molecule has 0 bridgehead atoms. The van der Waals surface area contributed by atoms with Crippen LogP contribution in [0.4, 0.5) is 10.1 Å². The molecule has 0 atom stereocenters. The molecule has 0 fully saturated rings. The maximum absolute atomic E-state index is 13.4. The molecule has 2 heterocycles. The Kier molecular flexibility index (Phi) is 4.94. The quantitative estimate of drug-likeness (QED) is 0.615. The lowest BCUT2D eigenvalue weighted by Crippen LogP contribution is -2.31. The number of benzene rings is 2. The number of furan rings is 1. The molecule has 0 radical (unpaired) electrons. The molecule has 1 N–H and O–H groups in total. The maximum Gasteiger partial charge on any atom is 0.278 e. The standard InChI is InChI=1S/C22H16ClFN2O3/c1-13-4-7-15(23)11-18(13)25-20-19(14-5-8-16(24)9-6-14)21(27)26(22(20)28)12-17-3-2-10-29-17/h2-11,25H,12H2,1H3. The number of anilines is 1. The Balaban J connectivity index is 1.78. The average Bonchev–Trinajstić information content (AvgIpc) is 3.29. The van der Waals surface area contributed by atoms with Gasteiger partial charge in [0.25, 0.3) is 11.8 Å². The maximum atomic E-state index is 13.4. The van der Waals surface area contributed by atoms with Gasteiger partial charge in [-0.1, -0.05) is 29.8 Å². The Hall–Kier alpha value is -3.38. The van der Waals surface area contributed by atoms with Gasteiger partial charge in [0.1, 0.15) is 17.3 Å². The number of carbonyl (C=O) groups excluding carboxylic acids is 2. The molecular weight excluding hydrogens is 395 g/mol. The van der Waals surface area contributed by atoms with Gasteiger partial charge in [-0.25, -0.2) is 4.39 Å². The van der Waals surface area contributed by atoms with Crippen molar-refractivity contribution >= 4 is 34.7 Å². The number of nitrogens with one attached hydrogen (secondary N) is 1. The second kappa shape index (κ2) is 7.56. The Labute approximate surface area is 171 Å². The van der Waals surface area contributed by atoms with Crippen LogP contribution in [-0.4, -0.2) is 16.7 Å². The average molecular weight is 411 g/mol. The SMILES string of the molecule is Cc1ccc(Cl)cc1NC1=C(c2ccc(F)cc2)C(=O)N(Cc2ccco2)C1=O. The van der Waals surface area contributed by atoms with E-state index in [2.05, 4.69) is 5.32 Å². The Bertz CT molecular complexity index is 1120. The van der Waals surface area contributed by atoms with E-state index in [0.717, 1.165) is 10.5 Å². The first-order chi connectivity index (χ1) is 13.9. The normalized spacial score (nSPS) is 14.1. The fraction of sp³-hybridized carbons (Fsp3) is 0.0909. The molecule has 0 spiro atoms. The molecule has 1 aliphatic rings. The summed E-state index contributed by atoms with van der Waals surface area (Å²) in [6, 6.07) is 14.0. The summed E-state index contributed by atoms with van der Waals surface area (Å²) in [4.78, 5) is 27.4. The Morgan fingerprint density at radius 1 is 1.07 bits per heavy atom. The van der Waals surface area contributed by atoms with E-state index in [1.807, 2.05) is 13.0 Å². The monoisotopic (exact) mass is 410 g/mol. The second-order valence-electron chi connectivity index (χ2n) is 6.62. The number of halogens is 2. The van der Waals surface area contributed by atoms with Gasteiger partial charge in [0, 0.05) is 10.7 Å². The lowest BCUT2D eigenvalue weighted by Gasteiger charge is -2.14. The third-order valence-corrected chi connectivity index (χ3v) is 4.89. The lowest BCUT2D eigenvalue weighted by molar-refractivity contribution is -0.137. The van der Waals surface area contributed by atoms with E-state index < -0.39 is 17.6 Å². The molecule has 146 valence electrons. The highest BCUT2D eigenvalue weighted by molar-refractivity contribution is 6.36. The number of nitrogens with zero attached hydrogens (tertiary/aromatic N) is 1. The minimum Gasteiger partial charge on any atom is -0.467 e.